The fourth-order valence-corrected chi connectivity index (χ4v) is 2.46. The van der Waals surface area contributed by atoms with E-state index in [-0.39, 0.29) is 18.6 Å². The lowest BCUT2D eigenvalue weighted by Gasteiger charge is -2.14. The number of amides is 1. The van der Waals surface area contributed by atoms with Gasteiger partial charge in [0.25, 0.3) is 0 Å². The lowest BCUT2D eigenvalue weighted by Crippen LogP contribution is -2.33. The minimum Gasteiger partial charge on any atom is -0.479 e. The molecule has 0 spiro atoms. The molecule has 0 bridgehead atoms. The zero-order valence-corrected chi connectivity index (χ0v) is 14.1. The number of aryl methyl sites for hydroxylation is 1. The second-order valence-corrected chi connectivity index (χ2v) is 5.72. The zero-order valence-electron chi connectivity index (χ0n) is 14.1. The van der Waals surface area contributed by atoms with Gasteiger partial charge in [-0.3, -0.25) is 9.59 Å². The summed E-state index contributed by atoms with van der Waals surface area (Å²) in [6, 6.07) is 14.6. The van der Waals surface area contributed by atoms with E-state index >= 15 is 0 Å². The molecule has 2 N–H and O–H groups in total. The molecule has 0 heterocycles. The van der Waals surface area contributed by atoms with Crippen molar-refractivity contribution < 1.29 is 19.5 Å². The van der Waals surface area contributed by atoms with Crippen LogP contribution >= 0.6 is 0 Å². The lowest BCUT2D eigenvalue weighted by atomic mass is 10.0. The van der Waals surface area contributed by atoms with Gasteiger partial charge in [-0.1, -0.05) is 61.5 Å². The molecule has 0 fully saturated rings. The van der Waals surface area contributed by atoms with E-state index in [1.165, 1.54) is 0 Å². The summed E-state index contributed by atoms with van der Waals surface area (Å²) < 4.78 is 0. The minimum absolute atomic E-state index is 0.0401. The van der Waals surface area contributed by atoms with Gasteiger partial charge in [-0.05, 0) is 17.5 Å². The zero-order chi connectivity index (χ0) is 18.2. The Kier molecular flexibility index (Phi) is 6.46. The van der Waals surface area contributed by atoms with Gasteiger partial charge in [0, 0.05) is 18.4 Å². The number of carbonyl (C=O) groups excluding carboxylic acids is 2. The molecule has 0 aliphatic rings. The fraction of sp³-hybridized carbons (Fsp3) is 0.250. The van der Waals surface area contributed by atoms with E-state index in [2.05, 4.69) is 5.32 Å². The molecule has 130 valence electrons. The van der Waals surface area contributed by atoms with Crippen molar-refractivity contribution in [1.29, 1.82) is 0 Å². The molecule has 0 aromatic heterocycles. The molecule has 0 saturated carbocycles. The van der Waals surface area contributed by atoms with Crippen LogP contribution in [0.25, 0.3) is 0 Å². The maximum Gasteiger partial charge on any atom is 0.330 e. The molecule has 5 heteroatoms. The third-order valence-corrected chi connectivity index (χ3v) is 3.95. The van der Waals surface area contributed by atoms with Crippen LogP contribution in [0, 0.1) is 0 Å². The number of benzene rings is 2. The van der Waals surface area contributed by atoms with E-state index in [1.807, 2.05) is 19.1 Å². The molecular weight excluding hydrogens is 318 g/mol. The van der Waals surface area contributed by atoms with Gasteiger partial charge in [-0.2, -0.15) is 0 Å². The summed E-state index contributed by atoms with van der Waals surface area (Å²) in [5.74, 6) is -1.74. The minimum atomic E-state index is -1.14. The van der Waals surface area contributed by atoms with Crippen LogP contribution in [0.3, 0.4) is 0 Å². The van der Waals surface area contributed by atoms with Crippen molar-refractivity contribution in [3.05, 3.63) is 71.3 Å². The maximum absolute atomic E-state index is 12.1. The standard InChI is InChI=1S/C20H21NO4/c1-2-14-8-10-15(11-9-14)17(22)12-13-18(23)21-19(20(24)25)16-6-4-3-5-7-16/h3-11,19H,2,12-13H2,1H3,(H,21,23)(H,24,25)/t19-/m1/s1. The van der Waals surface area contributed by atoms with E-state index in [0.717, 1.165) is 12.0 Å². The van der Waals surface area contributed by atoms with Crippen molar-refractivity contribution in [1.82, 2.24) is 5.32 Å². The molecule has 2 aromatic carbocycles. The van der Waals surface area contributed by atoms with Gasteiger partial charge in [-0.15, -0.1) is 0 Å². The number of carboxylic acid groups (broad SMARTS) is 1. The van der Waals surface area contributed by atoms with Crippen molar-refractivity contribution in [2.24, 2.45) is 0 Å². The number of hydrogen-bond acceptors (Lipinski definition) is 3. The summed E-state index contributed by atoms with van der Waals surface area (Å²) in [5.41, 5.74) is 2.19. The Morgan fingerprint density at radius 1 is 0.960 bits per heavy atom. The molecule has 2 rings (SSSR count). The van der Waals surface area contributed by atoms with Crippen LogP contribution in [0.4, 0.5) is 0 Å². The molecule has 2 aromatic rings. The summed E-state index contributed by atoms with van der Waals surface area (Å²) in [4.78, 5) is 35.6. The van der Waals surface area contributed by atoms with Crippen molar-refractivity contribution >= 4 is 17.7 Å². The highest BCUT2D eigenvalue weighted by Crippen LogP contribution is 2.14. The van der Waals surface area contributed by atoms with Crippen molar-refractivity contribution in [2.45, 2.75) is 32.2 Å². The Bertz CT molecular complexity index is 738. The number of hydrogen-bond donors (Lipinski definition) is 2. The Hall–Kier alpha value is -2.95. The van der Waals surface area contributed by atoms with E-state index in [0.29, 0.717) is 11.1 Å². The topological polar surface area (TPSA) is 83.5 Å². The summed E-state index contributed by atoms with van der Waals surface area (Å²) in [7, 11) is 0. The van der Waals surface area contributed by atoms with Gasteiger partial charge < -0.3 is 10.4 Å². The van der Waals surface area contributed by atoms with Gasteiger partial charge in [-0.25, -0.2) is 4.79 Å². The normalized spacial score (nSPS) is 11.6. The molecular formula is C20H21NO4. The highest BCUT2D eigenvalue weighted by Gasteiger charge is 2.22. The summed E-state index contributed by atoms with van der Waals surface area (Å²) in [6.45, 7) is 2.03. The maximum atomic E-state index is 12.1. The van der Waals surface area contributed by atoms with Gasteiger partial charge >= 0.3 is 5.97 Å². The fourth-order valence-electron chi connectivity index (χ4n) is 2.46. The van der Waals surface area contributed by atoms with Crippen LogP contribution in [-0.2, 0) is 16.0 Å². The molecule has 5 nitrogen and oxygen atoms in total. The molecule has 0 aliphatic heterocycles. The predicted octanol–water partition coefficient (Wildman–Crippen LogP) is 3.15. The van der Waals surface area contributed by atoms with Crippen LogP contribution < -0.4 is 5.32 Å². The number of rotatable bonds is 8. The number of aliphatic carboxylic acids is 1. The SMILES string of the molecule is CCc1ccc(C(=O)CCC(=O)N[C@@H](C(=O)O)c2ccccc2)cc1. The molecule has 1 atom stereocenters. The van der Waals surface area contributed by atoms with Crippen LogP contribution in [-0.4, -0.2) is 22.8 Å². The van der Waals surface area contributed by atoms with E-state index in [9.17, 15) is 19.5 Å². The number of ketones is 1. The van der Waals surface area contributed by atoms with Crippen LogP contribution in [0.15, 0.2) is 54.6 Å². The molecule has 0 aliphatic carbocycles. The number of carboxylic acids is 1. The third kappa shape index (κ3) is 5.28. The molecule has 1 amide bonds. The Balaban J connectivity index is 1.92. The molecule has 25 heavy (non-hydrogen) atoms. The second-order valence-electron chi connectivity index (χ2n) is 5.72. The first-order valence-corrected chi connectivity index (χ1v) is 8.20. The summed E-state index contributed by atoms with van der Waals surface area (Å²) >= 11 is 0. The van der Waals surface area contributed by atoms with Crippen LogP contribution in [0.2, 0.25) is 0 Å². The lowest BCUT2D eigenvalue weighted by molar-refractivity contribution is -0.142. The highest BCUT2D eigenvalue weighted by molar-refractivity contribution is 5.98. The Labute approximate surface area is 146 Å². The van der Waals surface area contributed by atoms with Gasteiger partial charge in [0.05, 0.1) is 0 Å². The summed E-state index contributed by atoms with van der Waals surface area (Å²) in [5, 5.41) is 11.8. The first-order chi connectivity index (χ1) is 12.0. The number of carbonyl (C=O) groups is 3. The van der Waals surface area contributed by atoms with Crippen molar-refractivity contribution in [3.63, 3.8) is 0 Å². The quantitative estimate of drug-likeness (QED) is 0.724. The number of nitrogens with one attached hydrogen (secondary N) is 1. The van der Waals surface area contributed by atoms with Gasteiger partial charge in [0.15, 0.2) is 11.8 Å². The largest absolute Gasteiger partial charge is 0.479 e. The predicted molar refractivity (Wildman–Crippen MR) is 94.3 cm³/mol. The van der Waals surface area contributed by atoms with Gasteiger partial charge in [0.2, 0.25) is 5.91 Å². The molecule has 0 radical (unpaired) electrons. The van der Waals surface area contributed by atoms with Crippen molar-refractivity contribution in [2.75, 3.05) is 0 Å². The monoisotopic (exact) mass is 339 g/mol. The number of Topliss-reactive ketones (excluding diaryl/α,β-unsaturated/α-hetero) is 1. The van der Waals surface area contributed by atoms with Gasteiger partial charge in [0.1, 0.15) is 0 Å². The van der Waals surface area contributed by atoms with E-state index in [1.54, 1.807) is 42.5 Å². The van der Waals surface area contributed by atoms with Crippen molar-refractivity contribution in [3.8, 4) is 0 Å². The average molecular weight is 339 g/mol. The molecule has 0 unspecified atom stereocenters. The summed E-state index contributed by atoms with van der Waals surface area (Å²) in [6.07, 6.45) is 0.885. The smallest absolute Gasteiger partial charge is 0.330 e. The Morgan fingerprint density at radius 3 is 2.16 bits per heavy atom. The van der Waals surface area contributed by atoms with E-state index in [4.69, 9.17) is 0 Å². The first kappa shape index (κ1) is 18.4. The first-order valence-electron chi connectivity index (χ1n) is 8.20. The van der Waals surface area contributed by atoms with E-state index < -0.39 is 17.9 Å². The third-order valence-electron chi connectivity index (χ3n) is 3.95. The van der Waals surface area contributed by atoms with Crippen LogP contribution in [0.1, 0.15) is 47.3 Å². The molecule has 0 saturated heterocycles. The average Bonchev–Trinajstić information content (AvgIpc) is 2.64. The highest BCUT2D eigenvalue weighted by atomic mass is 16.4. The van der Waals surface area contributed by atoms with Crippen LogP contribution in [0.5, 0.6) is 0 Å². The Morgan fingerprint density at radius 2 is 1.60 bits per heavy atom. The second kappa shape index (κ2) is 8.78.